The average Bonchev–Trinajstić information content (AvgIpc) is 2.40. The van der Waals surface area contributed by atoms with E-state index < -0.39 is 10.0 Å². The Labute approximate surface area is 134 Å². The summed E-state index contributed by atoms with van der Waals surface area (Å²) in [5.74, 6) is 0.253. The van der Waals surface area contributed by atoms with Gasteiger partial charge in [-0.15, -0.1) is 0 Å². The van der Waals surface area contributed by atoms with Gasteiger partial charge in [-0.05, 0) is 30.9 Å². The van der Waals surface area contributed by atoms with Crippen molar-refractivity contribution < 1.29 is 13.2 Å². The molecule has 2 rings (SSSR count). The van der Waals surface area contributed by atoms with E-state index in [1.165, 1.54) is 6.07 Å². The second-order valence-corrected chi connectivity index (χ2v) is 7.63. The lowest BCUT2D eigenvalue weighted by Gasteiger charge is -2.30. The highest BCUT2D eigenvalue weighted by Crippen LogP contribution is 2.30. The molecule has 1 saturated heterocycles. The number of likely N-dealkylation sites (tertiary alicyclic amines) is 1. The number of carbonyl (C=O) groups is 1. The fourth-order valence-electron chi connectivity index (χ4n) is 2.31. The van der Waals surface area contributed by atoms with Gasteiger partial charge in [0.05, 0.1) is 10.6 Å². The normalized spacial score (nSPS) is 17.0. The highest BCUT2D eigenvalue weighted by atomic mass is 35.5. The molecule has 1 aromatic carbocycles. The van der Waals surface area contributed by atoms with E-state index >= 15 is 0 Å². The maximum atomic E-state index is 12.5. The number of carbonyl (C=O) groups excluding carboxylic acids is 1. The summed E-state index contributed by atoms with van der Waals surface area (Å²) < 4.78 is 23.0. The first-order chi connectivity index (χ1) is 9.70. The van der Waals surface area contributed by atoms with Crippen LogP contribution in [0.25, 0.3) is 0 Å². The molecule has 0 atom stereocenters. The van der Waals surface area contributed by atoms with E-state index in [2.05, 4.69) is 6.92 Å². The molecule has 2 N–H and O–H groups in total. The van der Waals surface area contributed by atoms with Crippen LogP contribution in [0.15, 0.2) is 17.0 Å². The number of amides is 1. The van der Waals surface area contributed by atoms with Gasteiger partial charge in [0.15, 0.2) is 0 Å². The van der Waals surface area contributed by atoms with Gasteiger partial charge in [-0.3, -0.25) is 4.79 Å². The number of benzene rings is 1. The lowest BCUT2D eigenvalue weighted by Crippen LogP contribution is -2.38. The smallest absolute Gasteiger partial charge is 0.255 e. The first kappa shape index (κ1) is 16.5. The number of nitrogens with two attached hydrogens (primary N) is 1. The first-order valence-corrected chi connectivity index (χ1v) is 8.81. The largest absolute Gasteiger partial charge is 0.339 e. The van der Waals surface area contributed by atoms with E-state index in [0.29, 0.717) is 19.0 Å². The minimum Gasteiger partial charge on any atom is -0.339 e. The lowest BCUT2D eigenvalue weighted by molar-refractivity contribution is 0.0697. The Morgan fingerprint density at radius 1 is 1.29 bits per heavy atom. The number of halogens is 2. The van der Waals surface area contributed by atoms with Crippen molar-refractivity contribution in [2.75, 3.05) is 13.1 Å². The van der Waals surface area contributed by atoms with Gasteiger partial charge in [0.2, 0.25) is 10.0 Å². The number of piperidine rings is 1. The zero-order chi connectivity index (χ0) is 15.8. The third kappa shape index (κ3) is 3.69. The predicted octanol–water partition coefficient (Wildman–Crippen LogP) is 2.51. The van der Waals surface area contributed by atoms with Crippen molar-refractivity contribution in [1.82, 2.24) is 4.90 Å². The molecule has 0 aromatic heterocycles. The van der Waals surface area contributed by atoms with Crippen LogP contribution in [0, 0.1) is 5.92 Å². The molecular weight excluding hydrogens is 335 g/mol. The summed E-state index contributed by atoms with van der Waals surface area (Å²) in [5, 5.41) is 5.03. The molecule has 0 bridgehead atoms. The van der Waals surface area contributed by atoms with Crippen molar-refractivity contribution in [3.8, 4) is 0 Å². The molecule has 8 heteroatoms. The monoisotopic (exact) mass is 350 g/mol. The summed E-state index contributed by atoms with van der Waals surface area (Å²) in [6.07, 6.45) is 1.82. The van der Waals surface area contributed by atoms with Crippen molar-refractivity contribution >= 4 is 39.1 Å². The number of primary sulfonamides is 1. The van der Waals surface area contributed by atoms with Crippen LogP contribution >= 0.6 is 23.2 Å². The quantitative estimate of drug-likeness (QED) is 0.889. The van der Waals surface area contributed by atoms with E-state index in [1.807, 2.05) is 0 Å². The number of nitrogens with zero attached hydrogens (tertiary/aromatic N) is 1. The van der Waals surface area contributed by atoms with Gasteiger partial charge in [0.25, 0.3) is 5.91 Å². The van der Waals surface area contributed by atoms with Gasteiger partial charge in [-0.2, -0.15) is 0 Å². The van der Waals surface area contributed by atoms with Crippen molar-refractivity contribution in [3.63, 3.8) is 0 Å². The molecule has 1 amide bonds. The number of rotatable bonds is 2. The van der Waals surface area contributed by atoms with Crippen LogP contribution in [0.4, 0.5) is 0 Å². The van der Waals surface area contributed by atoms with Crippen LogP contribution in [-0.2, 0) is 10.0 Å². The van der Waals surface area contributed by atoms with Gasteiger partial charge < -0.3 is 4.90 Å². The van der Waals surface area contributed by atoms with Gasteiger partial charge in [0, 0.05) is 18.1 Å². The molecular formula is C13H16Cl2N2O3S. The van der Waals surface area contributed by atoms with E-state index in [4.69, 9.17) is 28.3 Å². The Balaban J connectivity index is 2.40. The Morgan fingerprint density at radius 3 is 2.38 bits per heavy atom. The Morgan fingerprint density at radius 2 is 1.86 bits per heavy atom. The number of hydrogen-bond donors (Lipinski definition) is 1. The highest BCUT2D eigenvalue weighted by molar-refractivity contribution is 7.89. The number of hydrogen-bond acceptors (Lipinski definition) is 3. The van der Waals surface area contributed by atoms with Crippen molar-refractivity contribution in [2.45, 2.75) is 24.7 Å². The summed E-state index contributed by atoms with van der Waals surface area (Å²) in [5.41, 5.74) is 0.0720. The lowest BCUT2D eigenvalue weighted by atomic mass is 9.98. The van der Waals surface area contributed by atoms with Crippen LogP contribution in [0.2, 0.25) is 10.0 Å². The molecule has 0 saturated carbocycles. The van der Waals surface area contributed by atoms with Crippen molar-refractivity contribution in [3.05, 3.63) is 27.7 Å². The van der Waals surface area contributed by atoms with E-state index in [1.54, 1.807) is 4.90 Å². The minimum atomic E-state index is -4.04. The van der Waals surface area contributed by atoms with Crippen LogP contribution < -0.4 is 5.14 Å². The summed E-state index contributed by atoms with van der Waals surface area (Å²) in [6.45, 7) is 3.37. The minimum absolute atomic E-state index is 0.0720. The summed E-state index contributed by atoms with van der Waals surface area (Å²) in [6, 6.07) is 2.52. The van der Waals surface area contributed by atoms with Gasteiger partial charge in [-0.25, -0.2) is 13.6 Å². The molecule has 0 spiro atoms. The zero-order valence-corrected chi connectivity index (χ0v) is 13.8. The molecule has 1 fully saturated rings. The van der Waals surface area contributed by atoms with Crippen LogP contribution in [-0.4, -0.2) is 32.3 Å². The van der Waals surface area contributed by atoms with Crippen LogP contribution in [0.5, 0.6) is 0 Å². The second kappa shape index (κ2) is 6.12. The van der Waals surface area contributed by atoms with Gasteiger partial charge >= 0.3 is 0 Å². The molecule has 1 aromatic rings. The first-order valence-electron chi connectivity index (χ1n) is 6.51. The fraction of sp³-hybridized carbons (Fsp3) is 0.462. The molecule has 1 aliphatic heterocycles. The third-order valence-corrected chi connectivity index (χ3v) is 5.28. The maximum Gasteiger partial charge on any atom is 0.255 e. The van der Waals surface area contributed by atoms with Gasteiger partial charge in [-0.1, -0.05) is 30.1 Å². The van der Waals surface area contributed by atoms with Gasteiger partial charge in [0.1, 0.15) is 4.90 Å². The molecule has 0 aliphatic carbocycles. The van der Waals surface area contributed by atoms with Crippen LogP contribution in [0.1, 0.15) is 30.1 Å². The third-order valence-electron chi connectivity index (χ3n) is 3.61. The summed E-state index contributed by atoms with van der Waals surface area (Å²) >= 11 is 11.9. The highest BCUT2D eigenvalue weighted by Gasteiger charge is 2.26. The maximum absolute atomic E-state index is 12.5. The molecule has 1 aliphatic rings. The summed E-state index contributed by atoms with van der Waals surface area (Å²) in [7, 11) is -4.04. The van der Waals surface area contributed by atoms with E-state index in [0.717, 1.165) is 18.9 Å². The molecule has 116 valence electrons. The molecule has 21 heavy (non-hydrogen) atoms. The number of sulfonamides is 1. The molecule has 0 radical (unpaired) electrons. The van der Waals surface area contributed by atoms with Crippen molar-refractivity contribution in [1.29, 1.82) is 0 Å². The van der Waals surface area contributed by atoms with E-state index in [-0.39, 0.29) is 26.4 Å². The Kier molecular flexibility index (Phi) is 4.82. The molecule has 1 heterocycles. The van der Waals surface area contributed by atoms with Crippen LogP contribution in [0.3, 0.4) is 0 Å². The standard InChI is InChI=1S/C13H16Cl2N2O3S/c1-8-2-4-17(5-3-8)13(18)10-6-9(14)7-11(12(10)15)21(16,19)20/h6-8H,2-5H2,1H3,(H2,16,19,20). The van der Waals surface area contributed by atoms with E-state index in [9.17, 15) is 13.2 Å². The average molecular weight is 351 g/mol. The second-order valence-electron chi connectivity index (χ2n) is 5.29. The Bertz CT molecular complexity index is 668. The Hall–Kier alpha value is -0.820. The zero-order valence-electron chi connectivity index (χ0n) is 11.5. The SMILES string of the molecule is CC1CCN(C(=O)c2cc(Cl)cc(S(N)(=O)=O)c2Cl)CC1. The van der Waals surface area contributed by atoms with Crippen molar-refractivity contribution in [2.24, 2.45) is 11.1 Å². The molecule has 0 unspecified atom stereocenters. The fourth-order valence-corrected chi connectivity index (χ4v) is 3.76. The molecule has 5 nitrogen and oxygen atoms in total. The topological polar surface area (TPSA) is 80.5 Å². The predicted molar refractivity (Wildman–Crippen MR) is 82.1 cm³/mol. The summed E-state index contributed by atoms with van der Waals surface area (Å²) in [4.78, 5) is 13.8.